The molecule has 0 aromatic heterocycles. The third-order valence-corrected chi connectivity index (χ3v) is 4.68. The number of halogens is 3. The summed E-state index contributed by atoms with van der Waals surface area (Å²) in [6, 6.07) is 0. The Morgan fingerprint density at radius 3 is 2.57 bits per heavy atom. The number of hydrogen-bond acceptors (Lipinski definition) is 1. The van der Waals surface area contributed by atoms with Gasteiger partial charge in [-0.15, -0.1) is 0 Å². The van der Waals surface area contributed by atoms with E-state index in [-0.39, 0.29) is 37.0 Å². The van der Waals surface area contributed by atoms with Crippen LogP contribution < -0.4 is 5.32 Å². The van der Waals surface area contributed by atoms with Crippen LogP contribution >= 0.6 is 0 Å². The normalized spacial score (nSPS) is 36.4. The van der Waals surface area contributed by atoms with Crippen LogP contribution in [0.4, 0.5) is 13.2 Å². The van der Waals surface area contributed by atoms with Gasteiger partial charge < -0.3 is 5.32 Å². The van der Waals surface area contributed by atoms with Crippen molar-refractivity contribution in [1.82, 2.24) is 5.32 Å². The summed E-state index contributed by atoms with van der Waals surface area (Å²) in [6.07, 6.45) is -1.48. The summed E-state index contributed by atoms with van der Waals surface area (Å²) >= 11 is 0. The molecular formula is C16H24F3NO. The van der Waals surface area contributed by atoms with Crippen molar-refractivity contribution in [1.29, 1.82) is 0 Å². The smallest absolute Gasteiger partial charge is 0.347 e. The summed E-state index contributed by atoms with van der Waals surface area (Å²) in [7, 11) is 0. The van der Waals surface area contributed by atoms with Gasteiger partial charge in [0.05, 0.1) is 11.0 Å². The van der Waals surface area contributed by atoms with E-state index in [1.165, 1.54) is 0 Å². The van der Waals surface area contributed by atoms with E-state index in [1.807, 2.05) is 13.0 Å². The summed E-state index contributed by atoms with van der Waals surface area (Å²) in [5.41, 5.74) is -1.75. The van der Waals surface area contributed by atoms with Gasteiger partial charge in [-0.25, -0.2) is 0 Å². The highest BCUT2D eigenvalue weighted by Crippen LogP contribution is 2.58. The minimum Gasteiger partial charge on any atom is -0.347 e. The molecule has 0 aliphatic heterocycles. The molecule has 0 heterocycles. The first-order valence-electron chi connectivity index (χ1n) is 7.56. The van der Waals surface area contributed by atoms with Crippen LogP contribution in [0.15, 0.2) is 11.6 Å². The van der Waals surface area contributed by atoms with E-state index in [9.17, 15) is 18.0 Å². The molecule has 5 heteroatoms. The molecule has 21 heavy (non-hydrogen) atoms. The monoisotopic (exact) mass is 303 g/mol. The van der Waals surface area contributed by atoms with Crippen molar-refractivity contribution in [2.45, 2.75) is 65.1 Å². The first kappa shape index (κ1) is 16.4. The zero-order valence-electron chi connectivity index (χ0n) is 13.1. The second-order valence-corrected chi connectivity index (χ2v) is 7.51. The molecule has 2 aliphatic rings. The Balaban J connectivity index is 2.35. The summed E-state index contributed by atoms with van der Waals surface area (Å²) in [4.78, 5) is 11.9. The Kier molecular flexibility index (Phi) is 3.92. The molecule has 2 aliphatic carbocycles. The minimum atomic E-state index is -4.23. The number of fused-ring (bicyclic) bond motifs is 2. The number of rotatable bonds is 2. The van der Waals surface area contributed by atoms with Gasteiger partial charge in [0, 0.05) is 5.92 Å². The molecule has 0 saturated heterocycles. The van der Waals surface area contributed by atoms with Crippen molar-refractivity contribution in [3.8, 4) is 0 Å². The molecule has 0 aromatic carbocycles. The van der Waals surface area contributed by atoms with Gasteiger partial charge in [0.1, 0.15) is 0 Å². The van der Waals surface area contributed by atoms with Crippen molar-refractivity contribution in [3.63, 3.8) is 0 Å². The number of carbonyl (C=O) groups excluding carboxylic acids is 1. The van der Waals surface area contributed by atoms with Crippen molar-refractivity contribution in [3.05, 3.63) is 11.6 Å². The highest BCUT2D eigenvalue weighted by atomic mass is 19.4. The number of allylic oxidation sites excluding steroid dienone is 1. The third-order valence-electron chi connectivity index (χ3n) is 4.68. The van der Waals surface area contributed by atoms with Gasteiger partial charge >= 0.3 is 6.18 Å². The van der Waals surface area contributed by atoms with E-state index in [0.717, 1.165) is 5.57 Å². The highest BCUT2D eigenvalue weighted by molar-refractivity contribution is 5.79. The van der Waals surface area contributed by atoms with Crippen molar-refractivity contribution in [2.75, 3.05) is 0 Å². The van der Waals surface area contributed by atoms with Gasteiger partial charge in [-0.3, -0.25) is 4.79 Å². The molecule has 1 saturated carbocycles. The van der Waals surface area contributed by atoms with E-state index in [1.54, 1.807) is 20.8 Å². The van der Waals surface area contributed by atoms with Gasteiger partial charge in [0.15, 0.2) is 0 Å². The Bertz CT molecular complexity index is 469. The van der Waals surface area contributed by atoms with Gasteiger partial charge in [0.25, 0.3) is 0 Å². The van der Waals surface area contributed by atoms with Gasteiger partial charge in [-0.05, 0) is 38.5 Å². The molecule has 0 aromatic rings. The fourth-order valence-electron chi connectivity index (χ4n) is 4.04. The minimum absolute atomic E-state index is 0.0389. The van der Waals surface area contributed by atoms with Crippen molar-refractivity contribution >= 4 is 5.91 Å². The van der Waals surface area contributed by atoms with Crippen LogP contribution in [0.5, 0.6) is 0 Å². The SMILES string of the molecule is CC1CC2=CC(C)(NC(=O)C(C)C)CC(C(F)(F)F)(C2)C1. The van der Waals surface area contributed by atoms with E-state index >= 15 is 0 Å². The van der Waals surface area contributed by atoms with E-state index in [0.29, 0.717) is 6.42 Å². The predicted molar refractivity (Wildman–Crippen MR) is 75.6 cm³/mol. The molecule has 2 bridgehead atoms. The topological polar surface area (TPSA) is 29.1 Å². The largest absolute Gasteiger partial charge is 0.394 e. The molecule has 1 amide bonds. The average molecular weight is 303 g/mol. The highest BCUT2D eigenvalue weighted by Gasteiger charge is 2.60. The Morgan fingerprint density at radius 1 is 1.43 bits per heavy atom. The lowest BCUT2D eigenvalue weighted by molar-refractivity contribution is -0.242. The maximum absolute atomic E-state index is 13.7. The summed E-state index contributed by atoms with van der Waals surface area (Å²) in [5.74, 6) is -0.389. The van der Waals surface area contributed by atoms with Crippen molar-refractivity contribution < 1.29 is 18.0 Å². The standard InChI is InChI=1S/C16H24F3NO/c1-10(2)13(21)20-14(4)7-12-5-11(3)6-15(8-12,9-14)16(17,18)19/h7,10-11H,5-6,8-9H2,1-4H3,(H,20,21). The molecule has 0 radical (unpaired) electrons. The van der Waals surface area contributed by atoms with E-state index in [2.05, 4.69) is 5.32 Å². The number of nitrogens with one attached hydrogen (secondary N) is 1. The first-order valence-corrected chi connectivity index (χ1v) is 7.56. The fourth-order valence-corrected chi connectivity index (χ4v) is 4.04. The quantitative estimate of drug-likeness (QED) is 0.760. The lowest BCUT2D eigenvalue weighted by Crippen LogP contribution is -2.56. The van der Waals surface area contributed by atoms with Gasteiger partial charge in [-0.2, -0.15) is 13.2 Å². The Hall–Kier alpha value is -1.00. The zero-order valence-corrected chi connectivity index (χ0v) is 13.1. The molecule has 0 spiro atoms. The molecule has 1 N–H and O–H groups in total. The number of amides is 1. The molecular weight excluding hydrogens is 279 g/mol. The summed E-state index contributed by atoms with van der Waals surface area (Å²) in [5, 5.41) is 2.82. The molecule has 120 valence electrons. The van der Waals surface area contributed by atoms with Crippen LogP contribution in [-0.2, 0) is 4.79 Å². The Morgan fingerprint density at radius 2 is 2.05 bits per heavy atom. The van der Waals surface area contributed by atoms with Gasteiger partial charge in [0.2, 0.25) is 5.91 Å². The van der Waals surface area contributed by atoms with Crippen LogP contribution in [0, 0.1) is 17.3 Å². The van der Waals surface area contributed by atoms with Gasteiger partial charge in [-0.1, -0.05) is 32.4 Å². The molecule has 1 fully saturated rings. The first-order chi connectivity index (χ1) is 9.46. The zero-order chi connectivity index (χ0) is 16.1. The maximum Gasteiger partial charge on any atom is 0.394 e. The Labute approximate surface area is 124 Å². The van der Waals surface area contributed by atoms with Crippen molar-refractivity contribution in [2.24, 2.45) is 17.3 Å². The number of hydrogen-bond donors (Lipinski definition) is 1. The van der Waals surface area contributed by atoms with Crippen LogP contribution in [0.25, 0.3) is 0 Å². The lowest BCUT2D eigenvalue weighted by Gasteiger charge is -2.50. The molecule has 2 nitrogen and oxygen atoms in total. The maximum atomic E-state index is 13.7. The van der Waals surface area contributed by atoms with E-state index < -0.39 is 17.1 Å². The van der Waals surface area contributed by atoms with Crippen LogP contribution in [0.2, 0.25) is 0 Å². The second kappa shape index (κ2) is 5.03. The van der Waals surface area contributed by atoms with Crippen LogP contribution in [0.3, 0.4) is 0 Å². The molecule has 3 unspecified atom stereocenters. The number of carbonyl (C=O) groups is 1. The van der Waals surface area contributed by atoms with E-state index in [4.69, 9.17) is 0 Å². The van der Waals surface area contributed by atoms with Crippen LogP contribution in [0.1, 0.15) is 53.4 Å². The molecule has 2 rings (SSSR count). The number of alkyl halides is 3. The fraction of sp³-hybridized carbons (Fsp3) is 0.812. The average Bonchev–Trinajstić information content (AvgIpc) is 2.24. The summed E-state index contributed by atoms with van der Waals surface area (Å²) in [6.45, 7) is 7.08. The second-order valence-electron chi connectivity index (χ2n) is 7.51. The summed E-state index contributed by atoms with van der Waals surface area (Å²) < 4.78 is 41.0. The predicted octanol–water partition coefficient (Wildman–Crippen LogP) is 4.22. The lowest BCUT2D eigenvalue weighted by atomic mass is 9.58. The van der Waals surface area contributed by atoms with Crippen LogP contribution in [-0.4, -0.2) is 17.6 Å². The molecule has 3 atom stereocenters. The third kappa shape index (κ3) is 3.11.